The van der Waals surface area contributed by atoms with Crippen molar-refractivity contribution < 1.29 is 4.79 Å². The van der Waals surface area contributed by atoms with E-state index in [-0.39, 0.29) is 5.91 Å². The fourth-order valence-corrected chi connectivity index (χ4v) is 3.76. The monoisotopic (exact) mass is 378 g/mol. The number of carbonyl (C=O) groups excluding carboxylic acids is 1. The molecule has 2 aromatic carbocycles. The lowest BCUT2D eigenvalue weighted by Crippen LogP contribution is -2.11. The van der Waals surface area contributed by atoms with Crippen LogP contribution in [0.5, 0.6) is 0 Å². The lowest BCUT2D eigenvalue weighted by Gasteiger charge is -2.05. The van der Waals surface area contributed by atoms with Gasteiger partial charge in [0.25, 0.3) is 5.91 Å². The lowest BCUT2D eigenvalue weighted by atomic mass is 10.1. The van der Waals surface area contributed by atoms with Crippen LogP contribution in [0.2, 0.25) is 0 Å². The first-order valence-corrected chi connectivity index (χ1v) is 9.57. The van der Waals surface area contributed by atoms with Crippen LogP contribution in [0.3, 0.4) is 0 Å². The highest BCUT2D eigenvalue weighted by Crippen LogP contribution is 2.27. The third-order valence-corrected chi connectivity index (χ3v) is 5.23. The molecule has 0 aliphatic heterocycles. The fourth-order valence-electron chi connectivity index (χ4n) is 2.84. The number of amides is 1. The highest BCUT2D eigenvalue weighted by molar-refractivity contribution is 7.22. The van der Waals surface area contributed by atoms with Crippen LogP contribution in [-0.4, -0.2) is 31.1 Å². The number of nitrogens with zero attached hydrogens (tertiary/aromatic N) is 5. The number of nitrogens with one attached hydrogen (secondary N) is 1. The number of aromatic nitrogens is 5. The van der Waals surface area contributed by atoms with Crippen LogP contribution >= 0.6 is 11.3 Å². The molecule has 0 radical (unpaired) electrons. The van der Waals surface area contributed by atoms with Gasteiger partial charge in [0.2, 0.25) is 0 Å². The molecule has 4 aromatic rings. The standard InChI is InChI=1S/C19H18N6OS/c1-3-12-8-9-15-16(10-12)27-19(20-15)21-18(26)14-7-5-6-13(11-14)17-22-23-24-25(17)4-2/h5-11H,3-4H2,1-2H3,(H,20,21,26). The number of tetrazole rings is 1. The summed E-state index contributed by atoms with van der Waals surface area (Å²) in [5.41, 5.74) is 3.48. The number of benzene rings is 2. The van der Waals surface area contributed by atoms with Crippen LogP contribution in [0.25, 0.3) is 21.6 Å². The van der Waals surface area contributed by atoms with Gasteiger partial charge in [0.1, 0.15) is 0 Å². The van der Waals surface area contributed by atoms with E-state index in [1.54, 1.807) is 16.8 Å². The summed E-state index contributed by atoms with van der Waals surface area (Å²) in [6.45, 7) is 4.74. The van der Waals surface area contributed by atoms with Crippen LogP contribution in [0.15, 0.2) is 42.5 Å². The van der Waals surface area contributed by atoms with Gasteiger partial charge in [0.15, 0.2) is 11.0 Å². The van der Waals surface area contributed by atoms with Crippen molar-refractivity contribution >= 4 is 32.6 Å². The van der Waals surface area contributed by atoms with Gasteiger partial charge in [0.05, 0.1) is 10.2 Å². The molecule has 0 atom stereocenters. The van der Waals surface area contributed by atoms with E-state index in [9.17, 15) is 4.79 Å². The minimum Gasteiger partial charge on any atom is -0.298 e. The van der Waals surface area contributed by atoms with Crippen molar-refractivity contribution in [3.05, 3.63) is 53.6 Å². The molecule has 2 heterocycles. The molecule has 8 heteroatoms. The van der Waals surface area contributed by atoms with Crippen LogP contribution < -0.4 is 5.32 Å². The van der Waals surface area contributed by atoms with Gasteiger partial charge < -0.3 is 0 Å². The van der Waals surface area contributed by atoms with Crippen LogP contribution in [-0.2, 0) is 13.0 Å². The zero-order valence-electron chi connectivity index (χ0n) is 15.0. The quantitative estimate of drug-likeness (QED) is 0.571. The SMILES string of the molecule is CCc1ccc2nc(NC(=O)c3cccc(-c4nnnn4CC)c3)sc2c1. The van der Waals surface area contributed by atoms with Gasteiger partial charge in [0, 0.05) is 17.7 Å². The summed E-state index contributed by atoms with van der Waals surface area (Å²) in [6.07, 6.45) is 0.972. The first-order chi connectivity index (χ1) is 13.2. The molecule has 0 fully saturated rings. The Labute approximate surface area is 160 Å². The molecule has 4 rings (SSSR count). The lowest BCUT2D eigenvalue weighted by molar-refractivity contribution is 0.102. The predicted octanol–water partition coefficient (Wildman–Crippen LogP) is 3.78. The molecule has 0 saturated heterocycles. The minimum absolute atomic E-state index is 0.206. The smallest absolute Gasteiger partial charge is 0.257 e. The molecule has 1 amide bonds. The Morgan fingerprint density at radius 1 is 1.19 bits per heavy atom. The molecule has 0 unspecified atom stereocenters. The molecule has 1 N–H and O–H groups in total. The second-order valence-corrected chi connectivity index (χ2v) is 7.06. The molecule has 27 heavy (non-hydrogen) atoms. The van der Waals surface area contributed by atoms with Crippen LogP contribution in [0.1, 0.15) is 29.8 Å². The molecule has 2 aromatic heterocycles. The zero-order valence-corrected chi connectivity index (χ0v) is 15.8. The van der Waals surface area contributed by atoms with E-state index in [0.29, 0.717) is 23.1 Å². The maximum Gasteiger partial charge on any atom is 0.257 e. The number of hydrogen-bond acceptors (Lipinski definition) is 6. The summed E-state index contributed by atoms with van der Waals surface area (Å²) in [6, 6.07) is 13.4. The Morgan fingerprint density at radius 3 is 2.89 bits per heavy atom. The second kappa shape index (κ2) is 7.24. The van der Waals surface area contributed by atoms with Gasteiger partial charge in [-0.25, -0.2) is 9.67 Å². The van der Waals surface area contributed by atoms with Gasteiger partial charge in [-0.1, -0.05) is 36.5 Å². The topological polar surface area (TPSA) is 85.6 Å². The van der Waals surface area contributed by atoms with Crippen molar-refractivity contribution in [3.63, 3.8) is 0 Å². The molecular weight excluding hydrogens is 360 g/mol. The normalized spacial score (nSPS) is 11.0. The van der Waals surface area contributed by atoms with Crippen molar-refractivity contribution in [3.8, 4) is 11.4 Å². The number of thiazole rings is 1. The number of hydrogen-bond donors (Lipinski definition) is 1. The van der Waals surface area contributed by atoms with Crippen LogP contribution in [0.4, 0.5) is 5.13 Å². The maximum absolute atomic E-state index is 12.7. The minimum atomic E-state index is -0.206. The van der Waals surface area contributed by atoms with Crippen LogP contribution in [0, 0.1) is 0 Å². The first-order valence-electron chi connectivity index (χ1n) is 8.75. The van der Waals surface area contributed by atoms with E-state index in [1.165, 1.54) is 16.9 Å². The van der Waals surface area contributed by atoms with E-state index in [2.05, 4.69) is 44.9 Å². The zero-order chi connectivity index (χ0) is 18.8. The summed E-state index contributed by atoms with van der Waals surface area (Å²) < 4.78 is 2.76. The number of fused-ring (bicyclic) bond motifs is 1. The summed E-state index contributed by atoms with van der Waals surface area (Å²) >= 11 is 1.48. The predicted molar refractivity (Wildman–Crippen MR) is 106 cm³/mol. The van der Waals surface area contributed by atoms with Gasteiger partial charge in [-0.2, -0.15) is 0 Å². The Hall–Kier alpha value is -3.13. The molecular formula is C19H18N6OS. The third kappa shape index (κ3) is 3.43. The average Bonchev–Trinajstić information content (AvgIpc) is 3.33. The highest BCUT2D eigenvalue weighted by Gasteiger charge is 2.13. The largest absolute Gasteiger partial charge is 0.298 e. The molecule has 7 nitrogen and oxygen atoms in total. The molecule has 136 valence electrons. The molecule has 0 aliphatic carbocycles. The van der Waals surface area contributed by atoms with Gasteiger partial charge >= 0.3 is 0 Å². The van der Waals surface area contributed by atoms with Crippen molar-refractivity contribution in [2.45, 2.75) is 26.8 Å². The number of anilines is 1. The average molecular weight is 378 g/mol. The fraction of sp³-hybridized carbons (Fsp3) is 0.211. The number of aryl methyl sites for hydroxylation is 2. The molecule has 0 spiro atoms. The number of rotatable bonds is 5. The first kappa shape index (κ1) is 17.3. The van der Waals surface area contributed by atoms with Gasteiger partial charge in [-0.15, -0.1) is 5.10 Å². The molecule has 0 saturated carbocycles. The summed E-state index contributed by atoms with van der Waals surface area (Å²) in [7, 11) is 0. The van der Waals surface area contributed by atoms with Crippen molar-refractivity contribution in [2.75, 3.05) is 5.32 Å². The van der Waals surface area contributed by atoms with Crippen molar-refractivity contribution in [1.82, 2.24) is 25.2 Å². The Balaban J connectivity index is 1.59. The maximum atomic E-state index is 12.7. The Bertz CT molecular complexity index is 1120. The molecule has 0 bridgehead atoms. The van der Waals surface area contributed by atoms with E-state index in [1.807, 2.05) is 25.1 Å². The summed E-state index contributed by atoms with van der Waals surface area (Å²) in [4.78, 5) is 17.2. The van der Waals surface area contributed by atoms with E-state index >= 15 is 0 Å². The van der Waals surface area contributed by atoms with Gasteiger partial charge in [-0.05, 0) is 53.6 Å². The highest BCUT2D eigenvalue weighted by atomic mass is 32.1. The van der Waals surface area contributed by atoms with Crippen molar-refractivity contribution in [2.24, 2.45) is 0 Å². The third-order valence-electron chi connectivity index (χ3n) is 4.30. The summed E-state index contributed by atoms with van der Waals surface area (Å²) in [5.74, 6) is 0.432. The van der Waals surface area contributed by atoms with Crippen molar-refractivity contribution in [1.29, 1.82) is 0 Å². The summed E-state index contributed by atoms with van der Waals surface area (Å²) in [5, 5.41) is 15.2. The Kier molecular flexibility index (Phi) is 4.64. The second-order valence-electron chi connectivity index (χ2n) is 6.03. The van der Waals surface area contributed by atoms with Gasteiger partial charge in [-0.3, -0.25) is 10.1 Å². The number of carbonyl (C=O) groups is 1. The Morgan fingerprint density at radius 2 is 2.07 bits per heavy atom. The van der Waals surface area contributed by atoms with E-state index in [0.717, 1.165) is 22.2 Å². The van der Waals surface area contributed by atoms with E-state index in [4.69, 9.17) is 0 Å². The van der Waals surface area contributed by atoms with E-state index < -0.39 is 0 Å². The molecule has 0 aliphatic rings.